The van der Waals surface area contributed by atoms with Gasteiger partial charge < -0.3 is 10.0 Å². The second-order valence-corrected chi connectivity index (χ2v) is 4.84. The first kappa shape index (κ1) is 10.1. The first-order valence-electron chi connectivity index (χ1n) is 5.03. The van der Waals surface area contributed by atoms with Crippen LogP contribution in [0.1, 0.15) is 29.5 Å². The van der Waals surface area contributed by atoms with Gasteiger partial charge in [-0.2, -0.15) is 0 Å². The van der Waals surface area contributed by atoms with E-state index in [1.807, 2.05) is 0 Å². The molecule has 3 nitrogen and oxygen atoms in total. The third-order valence-electron chi connectivity index (χ3n) is 2.84. The van der Waals surface area contributed by atoms with Crippen LogP contribution < -0.4 is 0 Å². The average Bonchev–Trinajstić information content (AvgIpc) is 2.67. The van der Waals surface area contributed by atoms with Gasteiger partial charge in [0.15, 0.2) is 0 Å². The van der Waals surface area contributed by atoms with Crippen LogP contribution in [0.5, 0.6) is 0 Å². The topological polar surface area (TPSA) is 36.4 Å². The molecule has 0 saturated carbocycles. The van der Waals surface area contributed by atoms with E-state index in [1.165, 1.54) is 18.5 Å². The van der Waals surface area contributed by atoms with Crippen LogP contribution in [0.2, 0.25) is 0 Å². The van der Waals surface area contributed by atoms with Crippen molar-refractivity contribution < 1.29 is 5.11 Å². The lowest BCUT2D eigenvalue weighted by Gasteiger charge is -2.27. The molecule has 0 spiro atoms. The fourth-order valence-electron chi connectivity index (χ4n) is 1.89. The Morgan fingerprint density at radius 3 is 2.86 bits per heavy atom. The van der Waals surface area contributed by atoms with Gasteiger partial charge in [0.05, 0.1) is 12.3 Å². The summed E-state index contributed by atoms with van der Waals surface area (Å²) in [4.78, 5) is 6.78. The molecule has 1 aromatic heterocycles. The Morgan fingerprint density at radius 2 is 2.29 bits per heavy atom. The minimum Gasteiger partial charge on any atom is -0.389 e. The highest BCUT2D eigenvalue weighted by atomic mass is 32.1. The second kappa shape index (κ2) is 4.38. The molecule has 0 aromatic carbocycles. The number of aromatic nitrogens is 1. The average molecular weight is 212 g/mol. The van der Waals surface area contributed by atoms with Crippen LogP contribution in [0.4, 0.5) is 0 Å². The predicted octanol–water partition coefficient (Wildman–Crippen LogP) is 1.44. The molecule has 1 fully saturated rings. The summed E-state index contributed by atoms with van der Waals surface area (Å²) in [7, 11) is 2.16. The summed E-state index contributed by atoms with van der Waals surface area (Å²) >= 11 is 1.57. The van der Waals surface area contributed by atoms with Gasteiger partial charge in [-0.15, -0.1) is 11.3 Å². The summed E-state index contributed by atoms with van der Waals surface area (Å²) in [5.74, 6) is 0.614. The fraction of sp³-hybridized carbons (Fsp3) is 0.700. The molecule has 1 aliphatic heterocycles. The highest BCUT2D eigenvalue weighted by Crippen LogP contribution is 2.28. The van der Waals surface area contributed by atoms with E-state index >= 15 is 0 Å². The van der Waals surface area contributed by atoms with Crippen molar-refractivity contribution in [1.29, 1.82) is 0 Å². The lowest BCUT2D eigenvalue weighted by atomic mass is 9.95. The van der Waals surface area contributed by atoms with E-state index in [0.29, 0.717) is 5.92 Å². The van der Waals surface area contributed by atoms with Crippen LogP contribution in [0.15, 0.2) is 5.38 Å². The van der Waals surface area contributed by atoms with Crippen LogP contribution in [0, 0.1) is 0 Å². The normalized spacial score (nSPS) is 20.1. The van der Waals surface area contributed by atoms with Crippen molar-refractivity contribution in [2.24, 2.45) is 0 Å². The van der Waals surface area contributed by atoms with Gasteiger partial charge in [0.2, 0.25) is 0 Å². The van der Waals surface area contributed by atoms with E-state index in [2.05, 4.69) is 22.3 Å². The maximum Gasteiger partial charge on any atom is 0.118 e. The smallest absolute Gasteiger partial charge is 0.118 e. The fourth-order valence-corrected chi connectivity index (χ4v) is 2.62. The molecule has 0 aliphatic carbocycles. The Labute approximate surface area is 88.4 Å². The Hall–Kier alpha value is -0.450. The molecule has 78 valence electrons. The first-order chi connectivity index (χ1) is 6.79. The predicted molar refractivity (Wildman–Crippen MR) is 57.5 cm³/mol. The molecule has 2 rings (SSSR count). The number of hydrogen-bond donors (Lipinski definition) is 1. The van der Waals surface area contributed by atoms with Crippen LogP contribution in [-0.4, -0.2) is 35.1 Å². The summed E-state index contributed by atoms with van der Waals surface area (Å²) in [6, 6.07) is 0. The van der Waals surface area contributed by atoms with Crippen LogP contribution >= 0.6 is 11.3 Å². The van der Waals surface area contributed by atoms with Gasteiger partial charge in [0.1, 0.15) is 5.01 Å². The van der Waals surface area contributed by atoms with Gasteiger partial charge in [-0.3, -0.25) is 0 Å². The van der Waals surface area contributed by atoms with Crippen LogP contribution in [0.3, 0.4) is 0 Å². The molecule has 1 N–H and O–H groups in total. The monoisotopic (exact) mass is 212 g/mol. The quantitative estimate of drug-likeness (QED) is 0.806. The van der Waals surface area contributed by atoms with Crippen LogP contribution in [0.25, 0.3) is 0 Å². The Bertz CT molecular complexity index is 292. The molecular formula is C10H16N2OS. The Kier molecular flexibility index (Phi) is 3.15. The standard InChI is InChI=1S/C10H16N2OS/c1-12-4-2-8(3-5-12)9-7-14-10(6-13)11-9/h7-8,13H,2-6H2,1H3. The number of piperidine rings is 1. The number of likely N-dealkylation sites (tertiary alicyclic amines) is 1. The Morgan fingerprint density at radius 1 is 1.57 bits per heavy atom. The number of hydrogen-bond acceptors (Lipinski definition) is 4. The molecule has 0 bridgehead atoms. The zero-order valence-electron chi connectivity index (χ0n) is 8.44. The third kappa shape index (κ3) is 2.13. The zero-order chi connectivity index (χ0) is 9.97. The highest BCUT2D eigenvalue weighted by Gasteiger charge is 2.20. The first-order valence-corrected chi connectivity index (χ1v) is 5.91. The van der Waals surface area contributed by atoms with Crippen molar-refractivity contribution in [1.82, 2.24) is 9.88 Å². The van der Waals surface area contributed by atoms with Gasteiger partial charge in [-0.1, -0.05) is 0 Å². The molecule has 2 heterocycles. The van der Waals surface area contributed by atoms with Gasteiger partial charge in [0, 0.05) is 11.3 Å². The zero-order valence-corrected chi connectivity index (χ0v) is 9.26. The molecule has 14 heavy (non-hydrogen) atoms. The summed E-state index contributed by atoms with van der Waals surface area (Å²) in [6.07, 6.45) is 2.40. The second-order valence-electron chi connectivity index (χ2n) is 3.90. The Balaban J connectivity index is 2.01. The SMILES string of the molecule is CN1CCC(c2csc(CO)n2)CC1. The minimum atomic E-state index is 0.0806. The molecule has 0 atom stereocenters. The summed E-state index contributed by atoms with van der Waals surface area (Å²) in [6.45, 7) is 2.41. The highest BCUT2D eigenvalue weighted by molar-refractivity contribution is 7.09. The van der Waals surface area contributed by atoms with Gasteiger partial charge >= 0.3 is 0 Å². The van der Waals surface area contributed by atoms with Crippen molar-refractivity contribution in [2.75, 3.05) is 20.1 Å². The van der Waals surface area contributed by atoms with Crippen molar-refractivity contribution in [2.45, 2.75) is 25.4 Å². The van der Waals surface area contributed by atoms with E-state index in [4.69, 9.17) is 5.11 Å². The molecule has 1 aromatic rings. The lowest BCUT2D eigenvalue weighted by molar-refractivity contribution is 0.252. The molecule has 1 aliphatic rings. The van der Waals surface area contributed by atoms with Crippen molar-refractivity contribution in [3.63, 3.8) is 0 Å². The van der Waals surface area contributed by atoms with E-state index in [0.717, 1.165) is 18.1 Å². The molecule has 0 unspecified atom stereocenters. The molecular weight excluding hydrogens is 196 g/mol. The van der Waals surface area contributed by atoms with Crippen molar-refractivity contribution in [3.8, 4) is 0 Å². The lowest BCUT2D eigenvalue weighted by Crippen LogP contribution is -2.29. The number of rotatable bonds is 2. The minimum absolute atomic E-state index is 0.0806. The number of aliphatic hydroxyl groups excluding tert-OH is 1. The summed E-state index contributed by atoms with van der Waals surface area (Å²) in [5, 5.41) is 11.9. The van der Waals surface area contributed by atoms with Gasteiger partial charge in [-0.05, 0) is 33.0 Å². The molecule has 1 saturated heterocycles. The van der Waals surface area contributed by atoms with Crippen molar-refractivity contribution in [3.05, 3.63) is 16.1 Å². The van der Waals surface area contributed by atoms with Gasteiger partial charge in [0.25, 0.3) is 0 Å². The van der Waals surface area contributed by atoms with Crippen molar-refractivity contribution >= 4 is 11.3 Å². The van der Waals surface area contributed by atoms with Gasteiger partial charge in [-0.25, -0.2) is 4.98 Å². The van der Waals surface area contributed by atoms with Crippen LogP contribution in [-0.2, 0) is 6.61 Å². The van der Waals surface area contributed by atoms with E-state index < -0.39 is 0 Å². The summed E-state index contributed by atoms with van der Waals surface area (Å²) < 4.78 is 0. The summed E-state index contributed by atoms with van der Waals surface area (Å²) in [5.41, 5.74) is 1.19. The largest absolute Gasteiger partial charge is 0.389 e. The molecule has 0 amide bonds. The van der Waals surface area contributed by atoms with E-state index in [9.17, 15) is 0 Å². The number of aliphatic hydroxyl groups is 1. The molecule has 0 radical (unpaired) electrons. The molecule has 4 heteroatoms. The third-order valence-corrected chi connectivity index (χ3v) is 3.69. The maximum absolute atomic E-state index is 8.93. The van der Waals surface area contributed by atoms with E-state index in [-0.39, 0.29) is 6.61 Å². The number of nitrogens with zero attached hydrogens (tertiary/aromatic N) is 2. The number of thiazole rings is 1. The maximum atomic E-state index is 8.93. The van der Waals surface area contributed by atoms with E-state index in [1.54, 1.807) is 11.3 Å².